The van der Waals surface area contributed by atoms with Gasteiger partial charge in [0.15, 0.2) is 11.4 Å². The Balaban J connectivity index is 1.90. The van der Waals surface area contributed by atoms with E-state index in [1.165, 1.54) is 21.7 Å². The zero-order valence-electron chi connectivity index (χ0n) is 16.7. The third-order valence-corrected chi connectivity index (χ3v) is 5.02. The van der Waals surface area contributed by atoms with Gasteiger partial charge in [0, 0.05) is 26.6 Å². The van der Waals surface area contributed by atoms with E-state index in [-0.39, 0.29) is 23.0 Å². The third-order valence-electron chi connectivity index (χ3n) is 4.83. The van der Waals surface area contributed by atoms with Crippen molar-refractivity contribution in [1.82, 2.24) is 14.6 Å². The Bertz CT molecular complexity index is 903. The summed E-state index contributed by atoms with van der Waals surface area (Å²) in [5.41, 5.74) is 0.0481. The van der Waals surface area contributed by atoms with E-state index >= 15 is 0 Å². The number of rotatable bonds is 5. The summed E-state index contributed by atoms with van der Waals surface area (Å²) in [7, 11) is 3.22. The van der Waals surface area contributed by atoms with Crippen molar-refractivity contribution in [2.75, 3.05) is 19.1 Å². The van der Waals surface area contributed by atoms with Crippen LogP contribution in [0.15, 0.2) is 12.3 Å². The van der Waals surface area contributed by atoms with Crippen LogP contribution in [0.25, 0.3) is 5.65 Å². The normalized spacial score (nSPS) is 19.4. The van der Waals surface area contributed by atoms with Crippen molar-refractivity contribution in [2.45, 2.75) is 51.7 Å². The minimum Gasteiger partial charge on any atom is -0.443 e. The van der Waals surface area contributed by atoms with Crippen LogP contribution < -0.4 is 4.90 Å². The summed E-state index contributed by atoms with van der Waals surface area (Å²) in [6.45, 7) is 5.35. The average Bonchev–Trinajstić information content (AvgIpc) is 2.99. The van der Waals surface area contributed by atoms with Crippen molar-refractivity contribution >= 4 is 34.9 Å². The fourth-order valence-electron chi connectivity index (χ4n) is 3.21. The SMILES string of the molecule is CO[C@H]1CC[C@@H]1CC(=O)c1cnn2c(N(C)C(=O)OC(C)(C)C)cc(Cl)nc12. The monoisotopic (exact) mass is 408 g/mol. The molecule has 28 heavy (non-hydrogen) atoms. The van der Waals surface area contributed by atoms with Gasteiger partial charge in [0.25, 0.3) is 0 Å². The summed E-state index contributed by atoms with van der Waals surface area (Å²) < 4.78 is 12.2. The average molecular weight is 409 g/mol. The van der Waals surface area contributed by atoms with Crippen LogP contribution in [0.3, 0.4) is 0 Å². The number of amides is 1. The number of halogens is 1. The molecule has 0 spiro atoms. The number of anilines is 1. The van der Waals surface area contributed by atoms with Gasteiger partial charge in [-0.15, -0.1) is 0 Å². The van der Waals surface area contributed by atoms with Crippen molar-refractivity contribution in [3.63, 3.8) is 0 Å². The molecular weight excluding hydrogens is 384 g/mol. The Labute approximate surface area is 168 Å². The smallest absolute Gasteiger partial charge is 0.415 e. The molecule has 9 heteroatoms. The van der Waals surface area contributed by atoms with Crippen LogP contribution in [-0.2, 0) is 9.47 Å². The maximum Gasteiger partial charge on any atom is 0.415 e. The van der Waals surface area contributed by atoms with E-state index in [0.29, 0.717) is 23.4 Å². The summed E-state index contributed by atoms with van der Waals surface area (Å²) in [4.78, 5) is 30.8. The molecule has 0 radical (unpaired) electrons. The zero-order chi connectivity index (χ0) is 20.6. The number of ether oxygens (including phenoxy) is 2. The van der Waals surface area contributed by atoms with Crippen LogP contribution in [0.5, 0.6) is 0 Å². The molecule has 152 valence electrons. The van der Waals surface area contributed by atoms with E-state index in [4.69, 9.17) is 21.1 Å². The van der Waals surface area contributed by atoms with Crippen molar-refractivity contribution in [3.05, 3.63) is 23.0 Å². The Kier molecular flexibility index (Phi) is 5.63. The number of aromatic nitrogens is 3. The molecule has 3 rings (SSSR count). The van der Waals surface area contributed by atoms with Crippen LogP contribution in [0.1, 0.15) is 50.4 Å². The molecule has 2 heterocycles. The summed E-state index contributed by atoms with van der Waals surface area (Å²) in [6, 6.07) is 1.51. The quantitative estimate of drug-likeness (QED) is 0.553. The molecule has 0 saturated heterocycles. The lowest BCUT2D eigenvalue weighted by Gasteiger charge is -2.34. The van der Waals surface area contributed by atoms with Gasteiger partial charge < -0.3 is 9.47 Å². The first kappa shape index (κ1) is 20.5. The van der Waals surface area contributed by atoms with Gasteiger partial charge in [-0.25, -0.2) is 9.78 Å². The minimum absolute atomic E-state index is 0.0672. The van der Waals surface area contributed by atoms with Crippen LogP contribution in [-0.4, -0.2) is 52.3 Å². The van der Waals surface area contributed by atoms with Gasteiger partial charge in [-0.05, 0) is 39.5 Å². The molecule has 1 saturated carbocycles. The molecule has 1 amide bonds. The summed E-state index contributed by atoms with van der Waals surface area (Å²) in [5.74, 6) is 0.500. The first-order valence-corrected chi connectivity index (χ1v) is 9.55. The van der Waals surface area contributed by atoms with Crippen molar-refractivity contribution in [1.29, 1.82) is 0 Å². The highest BCUT2D eigenvalue weighted by atomic mass is 35.5. The lowest BCUT2D eigenvalue weighted by atomic mass is 9.78. The molecule has 8 nitrogen and oxygen atoms in total. The fourth-order valence-corrected chi connectivity index (χ4v) is 3.39. The number of carbonyl (C=O) groups excluding carboxylic acids is 2. The Hall–Kier alpha value is -2.19. The van der Waals surface area contributed by atoms with Gasteiger partial charge in [-0.2, -0.15) is 9.61 Å². The number of hydrogen-bond acceptors (Lipinski definition) is 6. The largest absolute Gasteiger partial charge is 0.443 e. The minimum atomic E-state index is -0.646. The first-order chi connectivity index (χ1) is 13.1. The highest BCUT2D eigenvalue weighted by Gasteiger charge is 2.33. The Morgan fingerprint density at radius 3 is 2.64 bits per heavy atom. The number of carbonyl (C=O) groups is 2. The topological polar surface area (TPSA) is 86.0 Å². The molecular formula is C19H25ClN4O4. The number of fused-ring (bicyclic) bond motifs is 1. The maximum absolute atomic E-state index is 12.8. The molecule has 0 aromatic carbocycles. The van der Waals surface area contributed by atoms with E-state index in [1.54, 1.807) is 34.9 Å². The van der Waals surface area contributed by atoms with E-state index in [0.717, 1.165) is 12.8 Å². The van der Waals surface area contributed by atoms with Crippen LogP contribution >= 0.6 is 11.6 Å². The van der Waals surface area contributed by atoms with E-state index in [2.05, 4.69) is 10.1 Å². The molecule has 0 bridgehead atoms. The second-order valence-corrected chi connectivity index (χ2v) is 8.40. The van der Waals surface area contributed by atoms with Crippen LogP contribution in [0.2, 0.25) is 5.15 Å². The predicted molar refractivity (Wildman–Crippen MR) is 105 cm³/mol. The molecule has 0 aliphatic heterocycles. The fraction of sp³-hybridized carbons (Fsp3) is 0.579. The summed E-state index contributed by atoms with van der Waals surface area (Å²) in [6.07, 6.45) is 3.33. The molecule has 0 N–H and O–H groups in total. The van der Waals surface area contributed by atoms with E-state index < -0.39 is 11.7 Å². The molecule has 1 aliphatic rings. The molecule has 2 aromatic rings. The summed E-state index contributed by atoms with van der Waals surface area (Å²) >= 11 is 6.17. The lowest BCUT2D eigenvalue weighted by Crippen LogP contribution is -2.35. The number of ketones is 1. The van der Waals surface area contributed by atoms with Crippen LogP contribution in [0.4, 0.5) is 10.6 Å². The molecule has 1 fully saturated rings. The van der Waals surface area contributed by atoms with E-state index in [1.807, 2.05) is 0 Å². The van der Waals surface area contributed by atoms with Gasteiger partial charge in [0.2, 0.25) is 0 Å². The highest BCUT2D eigenvalue weighted by Crippen LogP contribution is 2.34. The van der Waals surface area contributed by atoms with Gasteiger partial charge in [-0.1, -0.05) is 11.6 Å². The number of hydrogen-bond donors (Lipinski definition) is 0. The lowest BCUT2D eigenvalue weighted by molar-refractivity contribution is -0.0171. The van der Waals surface area contributed by atoms with Gasteiger partial charge in [0.05, 0.1) is 17.9 Å². The van der Waals surface area contributed by atoms with Gasteiger partial charge >= 0.3 is 6.09 Å². The standard InChI is InChI=1S/C19H25ClN4O4/c1-19(2,3)28-18(26)23(4)16-9-15(20)22-17-12(10-21-24(16)17)13(25)8-11-6-7-14(11)27-5/h9-11,14H,6-8H2,1-5H3/t11-,14+/m1/s1. The summed E-state index contributed by atoms with van der Waals surface area (Å²) in [5, 5.41) is 4.42. The van der Waals surface area contributed by atoms with Crippen molar-refractivity contribution in [3.8, 4) is 0 Å². The third kappa shape index (κ3) is 4.12. The Morgan fingerprint density at radius 2 is 2.07 bits per heavy atom. The van der Waals surface area contributed by atoms with Gasteiger partial charge in [0.1, 0.15) is 16.6 Å². The molecule has 0 unspecified atom stereocenters. The second kappa shape index (κ2) is 7.67. The molecule has 1 aliphatic carbocycles. The number of nitrogens with zero attached hydrogens (tertiary/aromatic N) is 4. The zero-order valence-corrected chi connectivity index (χ0v) is 17.5. The van der Waals surface area contributed by atoms with E-state index in [9.17, 15) is 9.59 Å². The van der Waals surface area contributed by atoms with Crippen molar-refractivity contribution < 1.29 is 19.1 Å². The Morgan fingerprint density at radius 1 is 1.36 bits per heavy atom. The predicted octanol–water partition coefficient (Wildman–Crippen LogP) is 3.75. The molecule has 2 atom stereocenters. The number of methoxy groups -OCH3 is 1. The first-order valence-electron chi connectivity index (χ1n) is 9.17. The highest BCUT2D eigenvalue weighted by molar-refractivity contribution is 6.30. The van der Waals surface area contributed by atoms with Crippen LogP contribution in [0, 0.1) is 5.92 Å². The maximum atomic E-state index is 12.8. The number of Topliss-reactive ketones (excluding diaryl/α,β-unsaturated/α-hetero) is 1. The second-order valence-electron chi connectivity index (χ2n) is 8.01. The van der Waals surface area contributed by atoms with Crippen molar-refractivity contribution in [2.24, 2.45) is 5.92 Å². The molecule has 2 aromatic heterocycles. The van der Waals surface area contributed by atoms with Gasteiger partial charge in [-0.3, -0.25) is 9.69 Å².